The minimum absolute atomic E-state index is 0.185. The lowest BCUT2D eigenvalue weighted by molar-refractivity contribution is -0.137. The summed E-state index contributed by atoms with van der Waals surface area (Å²) in [4.78, 5) is 23.8. The number of benzene rings is 1. The maximum absolute atomic E-state index is 13.2. The Bertz CT molecular complexity index is 587. The van der Waals surface area contributed by atoms with Crippen LogP contribution in [0, 0.1) is 0 Å². The number of carbonyl (C=O) groups excluding carboxylic acids is 1. The third-order valence-electron chi connectivity index (χ3n) is 3.36. The van der Waals surface area contributed by atoms with Crippen LogP contribution in [0.4, 0.5) is 18.9 Å². The molecule has 0 aromatic heterocycles. The van der Waals surface area contributed by atoms with Gasteiger partial charge in [0.15, 0.2) is 0 Å². The number of hydrogen-bond donors (Lipinski definition) is 2. The molecule has 1 heterocycles. The summed E-state index contributed by atoms with van der Waals surface area (Å²) in [6.07, 6.45) is -4.70. The number of piperazine rings is 1. The maximum atomic E-state index is 13.2. The first-order valence-electron chi connectivity index (χ1n) is 6.20. The van der Waals surface area contributed by atoms with Crippen molar-refractivity contribution in [3.05, 3.63) is 29.3 Å². The molecule has 1 unspecified atom stereocenters. The molecule has 1 aliphatic heterocycles. The zero-order valence-corrected chi connectivity index (χ0v) is 11.1. The summed E-state index contributed by atoms with van der Waals surface area (Å²) in [7, 11) is 0. The summed E-state index contributed by atoms with van der Waals surface area (Å²) in [5, 5.41) is 11.4. The van der Waals surface area contributed by atoms with Crippen molar-refractivity contribution >= 4 is 17.6 Å². The van der Waals surface area contributed by atoms with Gasteiger partial charge in [0.2, 0.25) is 5.91 Å². The van der Waals surface area contributed by atoms with E-state index in [1.54, 1.807) is 0 Å². The van der Waals surface area contributed by atoms with Crippen LogP contribution in [0.2, 0.25) is 0 Å². The summed E-state index contributed by atoms with van der Waals surface area (Å²) in [6.45, 7) is 1.96. The Hall–Kier alpha value is -2.25. The molecule has 0 radical (unpaired) electrons. The van der Waals surface area contributed by atoms with E-state index in [1.165, 1.54) is 11.8 Å². The van der Waals surface area contributed by atoms with Crippen molar-refractivity contribution in [1.82, 2.24) is 5.32 Å². The lowest BCUT2D eigenvalue weighted by Gasteiger charge is -2.36. The second-order valence-corrected chi connectivity index (χ2v) is 4.70. The summed E-state index contributed by atoms with van der Waals surface area (Å²) in [5.41, 5.74) is -1.68. The number of carbonyl (C=O) groups is 2. The van der Waals surface area contributed by atoms with Crippen molar-refractivity contribution in [2.75, 3.05) is 18.0 Å². The Morgan fingerprint density at radius 2 is 2.10 bits per heavy atom. The number of anilines is 1. The van der Waals surface area contributed by atoms with Crippen LogP contribution in [0.5, 0.6) is 0 Å². The van der Waals surface area contributed by atoms with Gasteiger partial charge < -0.3 is 15.3 Å². The third-order valence-corrected chi connectivity index (χ3v) is 3.36. The Balaban J connectivity index is 2.52. The number of hydrogen-bond acceptors (Lipinski definition) is 3. The van der Waals surface area contributed by atoms with E-state index in [-0.39, 0.29) is 24.7 Å². The molecule has 8 heteroatoms. The van der Waals surface area contributed by atoms with Gasteiger partial charge in [0.1, 0.15) is 6.04 Å². The number of amides is 1. The molecule has 0 bridgehead atoms. The van der Waals surface area contributed by atoms with Gasteiger partial charge in [-0.25, -0.2) is 4.79 Å². The predicted molar refractivity (Wildman–Crippen MR) is 68.2 cm³/mol. The Kier molecular flexibility index (Phi) is 3.80. The van der Waals surface area contributed by atoms with Crippen LogP contribution < -0.4 is 10.2 Å². The highest BCUT2D eigenvalue weighted by Crippen LogP contribution is 2.38. The van der Waals surface area contributed by atoms with E-state index in [0.717, 1.165) is 12.1 Å². The van der Waals surface area contributed by atoms with E-state index in [4.69, 9.17) is 5.11 Å². The Labute approximate surface area is 118 Å². The van der Waals surface area contributed by atoms with E-state index in [2.05, 4.69) is 5.32 Å². The predicted octanol–water partition coefficient (Wildman–Crippen LogP) is 1.73. The monoisotopic (exact) mass is 302 g/mol. The van der Waals surface area contributed by atoms with E-state index in [0.29, 0.717) is 6.07 Å². The van der Waals surface area contributed by atoms with E-state index in [9.17, 15) is 22.8 Å². The van der Waals surface area contributed by atoms with Crippen LogP contribution in [0.25, 0.3) is 0 Å². The van der Waals surface area contributed by atoms with Crippen LogP contribution >= 0.6 is 0 Å². The van der Waals surface area contributed by atoms with E-state index < -0.39 is 29.3 Å². The van der Waals surface area contributed by atoms with Crippen molar-refractivity contribution < 1.29 is 27.9 Å². The molecule has 1 saturated heterocycles. The molecule has 2 N–H and O–H groups in total. The largest absolute Gasteiger partial charge is 0.478 e. The number of halogens is 3. The average Bonchev–Trinajstić information content (AvgIpc) is 2.40. The highest BCUT2D eigenvalue weighted by atomic mass is 19.4. The number of carboxylic acids is 1. The quantitative estimate of drug-likeness (QED) is 0.873. The van der Waals surface area contributed by atoms with Gasteiger partial charge in [-0.3, -0.25) is 4.79 Å². The number of aromatic carboxylic acids is 1. The number of nitrogens with one attached hydrogen (secondary N) is 1. The molecule has 21 heavy (non-hydrogen) atoms. The lowest BCUT2D eigenvalue weighted by atomic mass is 10.0. The fraction of sp³-hybridized carbons (Fsp3) is 0.385. The Morgan fingerprint density at radius 3 is 2.67 bits per heavy atom. The molecular weight excluding hydrogens is 289 g/mol. The molecule has 1 aliphatic rings. The molecule has 5 nitrogen and oxygen atoms in total. The topological polar surface area (TPSA) is 69.6 Å². The van der Waals surface area contributed by atoms with Crippen LogP contribution in [0.3, 0.4) is 0 Å². The van der Waals surface area contributed by atoms with Crippen LogP contribution in [-0.2, 0) is 11.0 Å². The van der Waals surface area contributed by atoms with Crippen LogP contribution in [0.15, 0.2) is 18.2 Å². The van der Waals surface area contributed by atoms with E-state index in [1.807, 2.05) is 0 Å². The first kappa shape index (κ1) is 15.1. The maximum Gasteiger partial charge on any atom is 0.418 e. The molecule has 0 spiro atoms. The average molecular weight is 302 g/mol. The molecular formula is C13H13F3N2O3. The van der Waals surface area contributed by atoms with Gasteiger partial charge in [-0.1, -0.05) is 0 Å². The van der Waals surface area contributed by atoms with Crippen molar-refractivity contribution in [3.8, 4) is 0 Å². The van der Waals surface area contributed by atoms with E-state index >= 15 is 0 Å². The first-order valence-corrected chi connectivity index (χ1v) is 6.20. The zero-order valence-electron chi connectivity index (χ0n) is 11.1. The summed E-state index contributed by atoms with van der Waals surface area (Å²) >= 11 is 0. The zero-order chi connectivity index (χ0) is 15.8. The molecule has 0 saturated carbocycles. The molecule has 1 aromatic carbocycles. The summed E-state index contributed by atoms with van der Waals surface area (Å²) in [5.74, 6) is -1.80. The Morgan fingerprint density at radius 1 is 1.43 bits per heavy atom. The minimum atomic E-state index is -4.70. The van der Waals surface area contributed by atoms with Gasteiger partial charge in [-0.15, -0.1) is 0 Å². The van der Waals surface area contributed by atoms with Crippen molar-refractivity contribution in [2.45, 2.75) is 19.1 Å². The molecule has 2 rings (SSSR count). The van der Waals surface area contributed by atoms with Gasteiger partial charge in [-0.05, 0) is 25.1 Å². The standard InChI is InChI=1S/C13H13F3N2O3/c1-7-11(19)17-4-5-18(7)10-3-2-8(12(20)21)6-9(10)13(14,15)16/h2-3,6-7H,4-5H2,1H3,(H,17,19)(H,20,21). The smallest absolute Gasteiger partial charge is 0.418 e. The van der Waals surface area contributed by atoms with Gasteiger partial charge in [0.05, 0.1) is 11.1 Å². The lowest BCUT2D eigenvalue weighted by Crippen LogP contribution is -2.54. The van der Waals surface area contributed by atoms with Gasteiger partial charge in [0, 0.05) is 18.8 Å². The molecule has 0 aliphatic carbocycles. The summed E-state index contributed by atoms with van der Waals surface area (Å²) < 4.78 is 39.5. The number of carboxylic acid groups (broad SMARTS) is 1. The van der Waals surface area contributed by atoms with Crippen molar-refractivity contribution in [3.63, 3.8) is 0 Å². The number of rotatable bonds is 2. The number of nitrogens with zero attached hydrogens (tertiary/aromatic N) is 1. The van der Waals surface area contributed by atoms with Gasteiger partial charge in [-0.2, -0.15) is 13.2 Å². The van der Waals surface area contributed by atoms with Crippen LogP contribution in [0.1, 0.15) is 22.8 Å². The number of alkyl halides is 3. The molecule has 1 atom stereocenters. The molecule has 114 valence electrons. The second-order valence-electron chi connectivity index (χ2n) is 4.70. The normalized spacial score (nSPS) is 19.3. The van der Waals surface area contributed by atoms with Crippen molar-refractivity contribution in [2.24, 2.45) is 0 Å². The van der Waals surface area contributed by atoms with Crippen molar-refractivity contribution in [1.29, 1.82) is 0 Å². The molecule has 1 amide bonds. The van der Waals surface area contributed by atoms with Crippen LogP contribution in [-0.4, -0.2) is 36.1 Å². The highest BCUT2D eigenvalue weighted by molar-refractivity contribution is 5.90. The first-order chi connectivity index (χ1) is 9.71. The fourth-order valence-electron chi connectivity index (χ4n) is 2.26. The second kappa shape index (κ2) is 5.27. The third kappa shape index (κ3) is 2.93. The molecule has 1 aromatic rings. The summed E-state index contributed by atoms with van der Waals surface area (Å²) in [6, 6.07) is 2.04. The minimum Gasteiger partial charge on any atom is -0.478 e. The fourth-order valence-corrected chi connectivity index (χ4v) is 2.26. The van der Waals surface area contributed by atoms with Gasteiger partial charge in [0.25, 0.3) is 0 Å². The SMILES string of the molecule is CC1C(=O)NCCN1c1ccc(C(=O)O)cc1C(F)(F)F. The molecule has 1 fully saturated rings. The van der Waals surface area contributed by atoms with Gasteiger partial charge >= 0.3 is 12.1 Å². The highest BCUT2D eigenvalue weighted by Gasteiger charge is 2.38.